The Morgan fingerprint density at radius 2 is 2.19 bits per heavy atom. The third kappa shape index (κ3) is 2.32. The number of hydrogen-bond donors (Lipinski definition) is 2. The van der Waals surface area contributed by atoms with Gasteiger partial charge in [-0.1, -0.05) is 29.8 Å². The van der Waals surface area contributed by atoms with Gasteiger partial charge in [0.05, 0.1) is 17.6 Å². The van der Waals surface area contributed by atoms with Gasteiger partial charge in [-0.2, -0.15) is 0 Å². The number of carbonyl (C=O) groups excluding carboxylic acids is 1. The molecule has 3 rings (SSSR count). The maximum Gasteiger partial charge on any atom is 0.310 e. The highest BCUT2D eigenvalue weighted by Crippen LogP contribution is 2.47. The van der Waals surface area contributed by atoms with E-state index in [1.54, 1.807) is 43.3 Å². The molecule has 1 aromatic carbocycles. The van der Waals surface area contributed by atoms with Crippen molar-refractivity contribution in [1.29, 1.82) is 0 Å². The van der Waals surface area contributed by atoms with Crippen LogP contribution >= 0.6 is 11.6 Å². The topological polar surface area (TPSA) is 75.6 Å². The molecule has 6 heteroatoms. The van der Waals surface area contributed by atoms with Crippen LogP contribution < -0.4 is 5.32 Å². The van der Waals surface area contributed by atoms with Crippen molar-refractivity contribution in [3.8, 4) is 0 Å². The predicted octanol–water partition coefficient (Wildman–Crippen LogP) is 2.32. The van der Waals surface area contributed by atoms with Gasteiger partial charge in [0.25, 0.3) is 0 Å². The highest BCUT2D eigenvalue weighted by atomic mass is 35.5. The number of fused-ring (bicyclic) bond motifs is 2. The predicted molar refractivity (Wildman–Crippen MR) is 77.1 cm³/mol. The fourth-order valence-electron chi connectivity index (χ4n) is 3.07. The van der Waals surface area contributed by atoms with Gasteiger partial charge in [-0.05, 0) is 25.1 Å². The summed E-state index contributed by atoms with van der Waals surface area (Å²) in [6, 6.07) is 6.72. The fraction of sp³-hybridized carbons (Fsp3) is 0.333. The molecular weight excluding hydrogens is 294 g/mol. The molecule has 0 aromatic heterocycles. The zero-order chi connectivity index (χ0) is 15.2. The van der Waals surface area contributed by atoms with Crippen LogP contribution in [-0.4, -0.2) is 28.7 Å². The number of carboxylic acid groups (broad SMARTS) is 1. The number of carbonyl (C=O) groups is 2. The number of rotatable bonds is 3. The van der Waals surface area contributed by atoms with Crippen LogP contribution in [0.25, 0.3) is 0 Å². The lowest BCUT2D eigenvalue weighted by molar-refractivity contribution is -0.146. The molecule has 1 fully saturated rings. The molecule has 110 valence electrons. The van der Waals surface area contributed by atoms with E-state index in [2.05, 4.69) is 5.32 Å². The third-order valence-electron chi connectivity index (χ3n) is 4.00. The minimum absolute atomic E-state index is 0.376. The molecule has 2 bridgehead atoms. The largest absolute Gasteiger partial charge is 0.481 e. The van der Waals surface area contributed by atoms with Gasteiger partial charge in [-0.15, -0.1) is 0 Å². The molecule has 1 aromatic rings. The Morgan fingerprint density at radius 3 is 2.86 bits per heavy atom. The van der Waals surface area contributed by atoms with Gasteiger partial charge >= 0.3 is 5.97 Å². The highest BCUT2D eigenvalue weighted by molar-refractivity contribution is 6.30. The zero-order valence-corrected chi connectivity index (χ0v) is 12.0. The van der Waals surface area contributed by atoms with Crippen molar-refractivity contribution in [3.63, 3.8) is 0 Å². The van der Waals surface area contributed by atoms with Crippen LogP contribution in [0.2, 0.25) is 5.02 Å². The van der Waals surface area contributed by atoms with E-state index >= 15 is 0 Å². The Hall–Kier alpha value is -1.85. The average molecular weight is 308 g/mol. The van der Waals surface area contributed by atoms with Crippen LogP contribution in [0.5, 0.6) is 0 Å². The highest BCUT2D eigenvalue weighted by Gasteiger charge is 2.59. The standard InChI is InChI=1S/C15H14ClNO4/c1-15-6-5-10(21-15)11(14(19)20)12(15)13(18)17-9-4-2-3-8(16)7-9/h2-7,10-12H,1H3,(H,17,18)(H,19,20)/t10-,11-,12-,15+/m1/s1. The van der Waals surface area contributed by atoms with E-state index in [4.69, 9.17) is 16.3 Å². The van der Waals surface area contributed by atoms with Crippen molar-refractivity contribution >= 4 is 29.2 Å². The molecule has 0 radical (unpaired) electrons. The summed E-state index contributed by atoms with van der Waals surface area (Å²) in [6.07, 6.45) is 2.92. The number of benzene rings is 1. The fourth-order valence-corrected chi connectivity index (χ4v) is 3.26. The molecule has 2 aliphatic heterocycles. The van der Waals surface area contributed by atoms with Crippen molar-refractivity contribution < 1.29 is 19.4 Å². The van der Waals surface area contributed by atoms with Gasteiger partial charge in [0.1, 0.15) is 5.92 Å². The minimum atomic E-state index is -1.03. The zero-order valence-electron chi connectivity index (χ0n) is 11.2. The number of aliphatic carboxylic acids is 1. The third-order valence-corrected chi connectivity index (χ3v) is 4.23. The van der Waals surface area contributed by atoms with E-state index in [0.29, 0.717) is 10.7 Å². The number of anilines is 1. The lowest BCUT2D eigenvalue weighted by Crippen LogP contribution is -2.44. The second kappa shape index (κ2) is 4.86. The van der Waals surface area contributed by atoms with E-state index in [1.165, 1.54) is 0 Å². The van der Waals surface area contributed by atoms with Crippen molar-refractivity contribution in [2.24, 2.45) is 11.8 Å². The molecule has 2 aliphatic rings. The molecule has 0 saturated carbocycles. The quantitative estimate of drug-likeness (QED) is 0.840. The molecule has 1 amide bonds. The summed E-state index contributed by atoms with van der Waals surface area (Å²) in [7, 11) is 0. The number of amides is 1. The first kappa shape index (κ1) is 14.1. The number of hydrogen-bond acceptors (Lipinski definition) is 3. The summed E-state index contributed by atoms with van der Waals surface area (Å²) in [5.74, 6) is -3.05. The van der Waals surface area contributed by atoms with E-state index in [-0.39, 0.29) is 5.91 Å². The molecule has 2 N–H and O–H groups in total. The van der Waals surface area contributed by atoms with Crippen molar-refractivity contribution in [1.82, 2.24) is 0 Å². The Labute approximate surface area is 126 Å². The maximum atomic E-state index is 12.5. The average Bonchev–Trinajstić information content (AvgIpc) is 2.91. The summed E-state index contributed by atoms with van der Waals surface area (Å²) in [5, 5.41) is 12.6. The van der Waals surface area contributed by atoms with Crippen LogP contribution in [0.15, 0.2) is 36.4 Å². The first-order valence-corrected chi connectivity index (χ1v) is 6.95. The van der Waals surface area contributed by atoms with E-state index < -0.39 is 29.5 Å². The van der Waals surface area contributed by atoms with E-state index in [9.17, 15) is 14.7 Å². The van der Waals surface area contributed by atoms with Gasteiger partial charge in [0, 0.05) is 10.7 Å². The first-order valence-electron chi connectivity index (χ1n) is 6.57. The van der Waals surface area contributed by atoms with Crippen LogP contribution in [0, 0.1) is 11.8 Å². The SMILES string of the molecule is C[C@@]12C=C[C@@H](O1)[C@@H](C(=O)O)[C@@H]2C(=O)Nc1cccc(Cl)c1. The Bertz CT molecular complexity index is 644. The van der Waals surface area contributed by atoms with Gasteiger partial charge in [0.15, 0.2) is 0 Å². The molecule has 5 nitrogen and oxygen atoms in total. The molecule has 1 saturated heterocycles. The molecule has 4 atom stereocenters. The van der Waals surface area contributed by atoms with Crippen LogP contribution in [-0.2, 0) is 14.3 Å². The normalized spacial score (nSPS) is 33.1. The molecular formula is C15H14ClNO4. The van der Waals surface area contributed by atoms with Crippen molar-refractivity contribution in [2.45, 2.75) is 18.6 Å². The summed E-state index contributed by atoms with van der Waals surface area (Å²) < 4.78 is 5.65. The Morgan fingerprint density at radius 1 is 1.43 bits per heavy atom. The second-order valence-corrected chi connectivity index (χ2v) is 5.90. The van der Waals surface area contributed by atoms with Crippen molar-refractivity contribution in [2.75, 3.05) is 5.32 Å². The summed E-state index contributed by atoms with van der Waals surface area (Å²) in [6.45, 7) is 1.73. The van der Waals surface area contributed by atoms with Crippen LogP contribution in [0.1, 0.15) is 6.92 Å². The van der Waals surface area contributed by atoms with Gasteiger partial charge in [0.2, 0.25) is 5.91 Å². The lowest BCUT2D eigenvalue weighted by Gasteiger charge is -2.27. The van der Waals surface area contributed by atoms with Gasteiger partial charge in [-0.3, -0.25) is 9.59 Å². The number of carboxylic acids is 1. The van der Waals surface area contributed by atoms with Crippen LogP contribution in [0.3, 0.4) is 0 Å². The minimum Gasteiger partial charge on any atom is -0.481 e. The number of ether oxygens (including phenoxy) is 1. The smallest absolute Gasteiger partial charge is 0.310 e. The Balaban J connectivity index is 1.86. The maximum absolute atomic E-state index is 12.5. The number of halogens is 1. The Kier molecular flexibility index (Phi) is 3.26. The second-order valence-electron chi connectivity index (χ2n) is 5.47. The summed E-state index contributed by atoms with van der Waals surface area (Å²) in [4.78, 5) is 23.9. The van der Waals surface area contributed by atoms with Gasteiger partial charge < -0.3 is 15.2 Å². The monoisotopic (exact) mass is 307 g/mol. The molecule has 0 aliphatic carbocycles. The van der Waals surface area contributed by atoms with Gasteiger partial charge in [-0.25, -0.2) is 0 Å². The summed E-state index contributed by atoms with van der Waals surface area (Å²) >= 11 is 5.88. The summed E-state index contributed by atoms with van der Waals surface area (Å²) in [5.41, 5.74) is -0.344. The van der Waals surface area contributed by atoms with Crippen LogP contribution in [0.4, 0.5) is 5.69 Å². The molecule has 2 heterocycles. The number of nitrogens with one attached hydrogen (secondary N) is 1. The molecule has 21 heavy (non-hydrogen) atoms. The lowest BCUT2D eigenvalue weighted by atomic mass is 9.75. The van der Waals surface area contributed by atoms with E-state index in [0.717, 1.165) is 0 Å². The molecule has 0 unspecified atom stereocenters. The molecule has 0 spiro atoms. The van der Waals surface area contributed by atoms with Crippen molar-refractivity contribution in [3.05, 3.63) is 41.4 Å². The van der Waals surface area contributed by atoms with E-state index in [1.807, 2.05) is 0 Å². The first-order chi connectivity index (χ1) is 9.90.